The fourth-order valence-electron chi connectivity index (χ4n) is 2.89. The van der Waals surface area contributed by atoms with Crippen molar-refractivity contribution in [2.24, 2.45) is 0 Å². The lowest BCUT2D eigenvalue weighted by molar-refractivity contribution is 0.102. The number of hydrogen-bond acceptors (Lipinski definition) is 6. The molecule has 2 heterocycles. The van der Waals surface area contributed by atoms with Crippen LogP contribution in [0.2, 0.25) is 0 Å². The Kier molecular flexibility index (Phi) is 6.99. The minimum absolute atomic E-state index is 0.0847. The summed E-state index contributed by atoms with van der Waals surface area (Å²) < 4.78 is 27.4. The lowest BCUT2D eigenvalue weighted by Crippen LogP contribution is -2.23. The first-order valence-electron chi connectivity index (χ1n) is 9.79. The zero-order valence-corrected chi connectivity index (χ0v) is 19.6. The van der Waals surface area contributed by atoms with Crippen LogP contribution in [0, 0.1) is 0 Å². The number of rotatable bonds is 8. The van der Waals surface area contributed by atoms with Gasteiger partial charge >= 0.3 is 0 Å². The Labute approximate surface area is 199 Å². The molecular formula is C23H19N3O4S3. The van der Waals surface area contributed by atoms with E-state index < -0.39 is 10.0 Å². The highest BCUT2D eigenvalue weighted by Crippen LogP contribution is 2.18. The molecule has 4 aromatic rings. The highest BCUT2D eigenvalue weighted by molar-refractivity contribution is 7.89. The number of nitrogens with one attached hydrogen (secondary N) is 3. The highest BCUT2D eigenvalue weighted by Gasteiger charge is 2.15. The van der Waals surface area contributed by atoms with Crippen LogP contribution in [0.5, 0.6) is 0 Å². The first kappa shape index (κ1) is 22.9. The zero-order valence-electron chi connectivity index (χ0n) is 17.1. The predicted molar refractivity (Wildman–Crippen MR) is 131 cm³/mol. The first-order valence-corrected chi connectivity index (χ1v) is 13.0. The Balaban J connectivity index is 1.35. The van der Waals surface area contributed by atoms with Crippen LogP contribution >= 0.6 is 22.7 Å². The number of hydrogen-bond donors (Lipinski definition) is 3. The number of sulfonamides is 1. The first-order chi connectivity index (χ1) is 15.9. The molecule has 0 spiro atoms. The molecule has 7 nitrogen and oxygen atoms in total. The van der Waals surface area contributed by atoms with Crippen LogP contribution in [0.4, 0.5) is 11.4 Å². The van der Waals surface area contributed by atoms with Crippen molar-refractivity contribution in [2.75, 3.05) is 10.6 Å². The third-order valence-corrected chi connectivity index (χ3v) is 7.75. The van der Waals surface area contributed by atoms with E-state index in [-0.39, 0.29) is 23.3 Å². The van der Waals surface area contributed by atoms with Crippen LogP contribution in [0.25, 0.3) is 0 Å². The van der Waals surface area contributed by atoms with Crippen molar-refractivity contribution in [3.8, 4) is 0 Å². The fourth-order valence-corrected chi connectivity index (χ4v) is 5.25. The second-order valence-electron chi connectivity index (χ2n) is 6.89. The molecule has 0 fully saturated rings. The van der Waals surface area contributed by atoms with Crippen molar-refractivity contribution in [2.45, 2.75) is 11.4 Å². The molecule has 0 radical (unpaired) electrons. The Morgan fingerprint density at radius 3 is 1.91 bits per heavy atom. The summed E-state index contributed by atoms with van der Waals surface area (Å²) in [5.41, 5.74) is 1.47. The molecule has 0 aliphatic heterocycles. The van der Waals surface area contributed by atoms with Crippen molar-refractivity contribution in [3.05, 3.63) is 98.9 Å². The monoisotopic (exact) mass is 497 g/mol. The van der Waals surface area contributed by atoms with E-state index >= 15 is 0 Å². The summed E-state index contributed by atoms with van der Waals surface area (Å²) in [6.07, 6.45) is 0. The van der Waals surface area contributed by atoms with Gasteiger partial charge in [0.1, 0.15) is 0 Å². The number of carbonyl (C=O) groups excluding carboxylic acids is 2. The van der Waals surface area contributed by atoms with Crippen LogP contribution in [0.1, 0.15) is 24.9 Å². The molecule has 0 saturated heterocycles. The quantitative estimate of drug-likeness (QED) is 0.325. The van der Waals surface area contributed by atoms with E-state index in [1.54, 1.807) is 30.3 Å². The number of carbonyl (C=O) groups is 2. The van der Waals surface area contributed by atoms with E-state index in [4.69, 9.17) is 0 Å². The smallest absolute Gasteiger partial charge is 0.265 e. The molecule has 2 amide bonds. The van der Waals surface area contributed by atoms with Crippen LogP contribution in [-0.2, 0) is 16.6 Å². The highest BCUT2D eigenvalue weighted by atomic mass is 32.2. The maximum Gasteiger partial charge on any atom is 0.265 e. The summed E-state index contributed by atoms with van der Waals surface area (Å²) in [7, 11) is -3.68. The summed E-state index contributed by atoms with van der Waals surface area (Å²) >= 11 is 2.82. The predicted octanol–water partition coefficient (Wildman–Crippen LogP) is 4.79. The normalized spacial score (nSPS) is 11.2. The topological polar surface area (TPSA) is 104 Å². The van der Waals surface area contributed by atoms with Gasteiger partial charge in [-0.3, -0.25) is 9.59 Å². The summed E-state index contributed by atoms with van der Waals surface area (Å²) in [4.78, 5) is 26.2. The van der Waals surface area contributed by atoms with Crippen LogP contribution in [0.3, 0.4) is 0 Å². The molecule has 0 aliphatic carbocycles. The number of amides is 2. The van der Waals surface area contributed by atoms with Crippen molar-refractivity contribution in [1.82, 2.24) is 4.72 Å². The molecule has 0 atom stereocenters. The molecule has 10 heteroatoms. The third-order valence-electron chi connectivity index (χ3n) is 4.59. The zero-order chi connectivity index (χ0) is 23.3. The van der Waals surface area contributed by atoms with Gasteiger partial charge in [-0.25, -0.2) is 13.1 Å². The second kappa shape index (κ2) is 10.1. The van der Waals surface area contributed by atoms with Gasteiger partial charge in [-0.1, -0.05) is 12.1 Å². The van der Waals surface area contributed by atoms with Crippen molar-refractivity contribution in [1.29, 1.82) is 0 Å². The van der Waals surface area contributed by atoms with Gasteiger partial charge in [0, 0.05) is 28.4 Å². The Morgan fingerprint density at radius 2 is 1.33 bits per heavy atom. The van der Waals surface area contributed by atoms with Crippen molar-refractivity contribution < 1.29 is 18.0 Å². The lowest BCUT2D eigenvalue weighted by Gasteiger charge is -2.09. The molecule has 0 unspecified atom stereocenters. The van der Waals surface area contributed by atoms with Crippen LogP contribution in [-0.4, -0.2) is 20.2 Å². The van der Waals surface area contributed by atoms with E-state index in [0.29, 0.717) is 21.8 Å². The molecule has 0 saturated carbocycles. The molecule has 2 aromatic carbocycles. The lowest BCUT2D eigenvalue weighted by atomic mass is 10.2. The van der Waals surface area contributed by atoms with Crippen LogP contribution < -0.4 is 15.4 Å². The molecule has 2 aromatic heterocycles. The summed E-state index contributed by atoms with van der Waals surface area (Å²) in [5.74, 6) is -0.567. The third kappa shape index (κ3) is 5.93. The van der Waals surface area contributed by atoms with Crippen molar-refractivity contribution in [3.63, 3.8) is 0 Å². The van der Waals surface area contributed by atoms with Gasteiger partial charge in [-0.2, -0.15) is 0 Å². The summed E-state index contributed by atoms with van der Waals surface area (Å²) in [6, 6.07) is 19.7. The molecule has 168 valence electrons. The van der Waals surface area contributed by atoms with E-state index in [9.17, 15) is 18.0 Å². The Bertz CT molecular complexity index is 1330. The van der Waals surface area contributed by atoms with Gasteiger partial charge in [0.25, 0.3) is 11.8 Å². The van der Waals surface area contributed by atoms with Gasteiger partial charge in [0.05, 0.1) is 9.77 Å². The van der Waals surface area contributed by atoms with Gasteiger partial charge in [-0.15, -0.1) is 22.7 Å². The van der Waals surface area contributed by atoms with Crippen molar-refractivity contribution >= 4 is 55.9 Å². The molecule has 4 rings (SSSR count). The minimum atomic E-state index is -3.68. The fraction of sp³-hybridized carbons (Fsp3) is 0.0435. The minimum Gasteiger partial charge on any atom is -0.322 e. The summed E-state index contributed by atoms with van der Waals surface area (Å²) in [6.45, 7) is 0.214. The molecule has 33 heavy (non-hydrogen) atoms. The maximum atomic E-state index is 12.5. The average molecular weight is 498 g/mol. The van der Waals surface area contributed by atoms with Gasteiger partial charge in [0.2, 0.25) is 10.0 Å². The molecule has 3 N–H and O–H groups in total. The average Bonchev–Trinajstić information content (AvgIpc) is 3.54. The molecule has 0 bridgehead atoms. The van der Waals surface area contributed by atoms with E-state index in [1.807, 2.05) is 29.0 Å². The standard InChI is InChI=1S/C23H19N3O4S3/c27-22(25-17-7-9-18(10-8-17)26-23(28)21-4-2-14-32-21)16-5-11-20(12-6-16)33(29,30)24-15-19-3-1-13-31-19/h1-14,24H,15H2,(H,25,27)(H,26,28). The number of thiophene rings is 2. The maximum absolute atomic E-state index is 12.5. The van der Waals surface area contributed by atoms with E-state index in [1.165, 1.54) is 46.9 Å². The second-order valence-corrected chi connectivity index (χ2v) is 10.6. The van der Waals surface area contributed by atoms with Crippen LogP contribution in [0.15, 0.2) is 88.5 Å². The summed E-state index contributed by atoms with van der Waals surface area (Å²) in [5, 5.41) is 9.26. The molecule has 0 aliphatic rings. The van der Waals surface area contributed by atoms with Gasteiger partial charge in [0.15, 0.2) is 0 Å². The molecular weight excluding hydrogens is 478 g/mol. The SMILES string of the molecule is O=C(Nc1ccc(NC(=O)c2cccs2)cc1)c1ccc(S(=O)(=O)NCc2cccs2)cc1. The van der Waals surface area contributed by atoms with E-state index in [2.05, 4.69) is 15.4 Å². The van der Waals surface area contributed by atoms with Gasteiger partial charge in [-0.05, 0) is 71.4 Å². The Morgan fingerprint density at radius 1 is 0.727 bits per heavy atom. The Hall–Kier alpha value is -3.31. The number of benzene rings is 2. The largest absolute Gasteiger partial charge is 0.322 e. The van der Waals surface area contributed by atoms with E-state index in [0.717, 1.165) is 4.88 Å². The van der Waals surface area contributed by atoms with Gasteiger partial charge < -0.3 is 10.6 Å². The number of anilines is 2.